The van der Waals surface area contributed by atoms with Crippen molar-refractivity contribution in [3.8, 4) is 0 Å². The molecule has 76 valence electrons. The lowest BCUT2D eigenvalue weighted by Gasteiger charge is -2.19. The maximum absolute atomic E-state index is 11.3. The van der Waals surface area contributed by atoms with Crippen molar-refractivity contribution in [1.82, 2.24) is 4.98 Å². The highest BCUT2D eigenvalue weighted by Gasteiger charge is 2.24. The van der Waals surface area contributed by atoms with Gasteiger partial charge in [0.15, 0.2) is 5.69 Å². The van der Waals surface area contributed by atoms with Gasteiger partial charge in [-0.05, 0) is 19.9 Å². The second-order valence-electron chi connectivity index (χ2n) is 3.45. The van der Waals surface area contributed by atoms with Crippen molar-refractivity contribution < 1.29 is 14.6 Å². The molecule has 0 unspecified atom stereocenters. The summed E-state index contributed by atoms with van der Waals surface area (Å²) in [6.45, 7) is 3.19. The number of esters is 1. The third-order valence-corrected chi connectivity index (χ3v) is 1.85. The maximum Gasteiger partial charge on any atom is 0.357 e. The summed E-state index contributed by atoms with van der Waals surface area (Å²) in [5.74, 6) is -0.539. The molecule has 0 saturated heterocycles. The first-order chi connectivity index (χ1) is 6.46. The number of hydrogen-bond acceptors (Lipinski definition) is 4. The lowest BCUT2D eigenvalue weighted by Crippen LogP contribution is -2.21. The van der Waals surface area contributed by atoms with Crippen LogP contribution >= 0.6 is 0 Å². The Kier molecular flexibility index (Phi) is 2.86. The Labute approximate surface area is 82.5 Å². The number of rotatable bonds is 2. The van der Waals surface area contributed by atoms with Gasteiger partial charge in [-0.15, -0.1) is 0 Å². The second kappa shape index (κ2) is 3.75. The maximum atomic E-state index is 11.3. The number of carbonyl (C=O) groups excluding carboxylic acids is 1. The predicted molar refractivity (Wildman–Crippen MR) is 50.8 cm³/mol. The molecule has 0 saturated carbocycles. The van der Waals surface area contributed by atoms with Gasteiger partial charge < -0.3 is 9.84 Å². The molecule has 14 heavy (non-hydrogen) atoms. The molecule has 4 nitrogen and oxygen atoms in total. The van der Waals surface area contributed by atoms with Crippen LogP contribution in [-0.4, -0.2) is 23.2 Å². The monoisotopic (exact) mass is 195 g/mol. The summed E-state index contributed by atoms with van der Waals surface area (Å²) in [6, 6.07) is 3.32. The number of carbonyl (C=O) groups is 1. The summed E-state index contributed by atoms with van der Waals surface area (Å²) < 4.78 is 4.56. The van der Waals surface area contributed by atoms with E-state index < -0.39 is 11.6 Å². The lowest BCUT2D eigenvalue weighted by atomic mass is 9.97. The molecule has 0 aliphatic heterocycles. The van der Waals surface area contributed by atoms with Crippen LogP contribution in [-0.2, 0) is 10.3 Å². The largest absolute Gasteiger partial charge is 0.464 e. The zero-order valence-corrected chi connectivity index (χ0v) is 8.44. The standard InChI is InChI=1S/C10H13NO3/c1-10(2,13)7-5-4-6-11-8(7)9(12)14-3/h4-6,13H,1-3H3. The fourth-order valence-electron chi connectivity index (χ4n) is 1.16. The Bertz CT molecular complexity index is 341. The molecule has 4 heteroatoms. The van der Waals surface area contributed by atoms with Gasteiger partial charge in [0.1, 0.15) is 0 Å². The van der Waals surface area contributed by atoms with Gasteiger partial charge in [0, 0.05) is 11.8 Å². The number of ether oxygens (including phenoxy) is 1. The minimum absolute atomic E-state index is 0.155. The molecular weight excluding hydrogens is 182 g/mol. The molecule has 0 bridgehead atoms. The van der Waals surface area contributed by atoms with Crippen LogP contribution < -0.4 is 0 Å². The fourth-order valence-corrected chi connectivity index (χ4v) is 1.16. The summed E-state index contributed by atoms with van der Waals surface area (Å²) in [4.78, 5) is 15.2. The van der Waals surface area contributed by atoms with Crippen LogP contribution in [0.5, 0.6) is 0 Å². The quantitative estimate of drug-likeness (QED) is 0.718. The molecule has 1 N–H and O–H groups in total. The summed E-state index contributed by atoms with van der Waals surface area (Å²) in [6.07, 6.45) is 1.49. The van der Waals surface area contributed by atoms with Gasteiger partial charge in [-0.2, -0.15) is 0 Å². The van der Waals surface area contributed by atoms with Crippen molar-refractivity contribution in [2.24, 2.45) is 0 Å². The van der Waals surface area contributed by atoms with Crippen molar-refractivity contribution in [2.75, 3.05) is 7.11 Å². The molecule has 0 aromatic carbocycles. The Morgan fingerprint density at radius 2 is 2.21 bits per heavy atom. The van der Waals surface area contributed by atoms with Crippen LogP contribution in [0.1, 0.15) is 29.9 Å². The van der Waals surface area contributed by atoms with Gasteiger partial charge in [-0.3, -0.25) is 0 Å². The topological polar surface area (TPSA) is 59.4 Å². The number of nitrogens with zero attached hydrogens (tertiary/aromatic N) is 1. The van der Waals surface area contributed by atoms with Crippen LogP contribution in [0.2, 0.25) is 0 Å². The average molecular weight is 195 g/mol. The van der Waals surface area contributed by atoms with Gasteiger partial charge in [-0.1, -0.05) is 6.07 Å². The van der Waals surface area contributed by atoms with Crippen molar-refractivity contribution in [3.63, 3.8) is 0 Å². The van der Waals surface area contributed by atoms with E-state index in [2.05, 4.69) is 9.72 Å². The molecule has 1 heterocycles. The Hall–Kier alpha value is -1.42. The van der Waals surface area contributed by atoms with E-state index in [1.165, 1.54) is 13.3 Å². The first-order valence-corrected chi connectivity index (χ1v) is 4.23. The van der Waals surface area contributed by atoms with Crippen molar-refractivity contribution in [3.05, 3.63) is 29.6 Å². The van der Waals surface area contributed by atoms with E-state index in [4.69, 9.17) is 0 Å². The summed E-state index contributed by atoms with van der Waals surface area (Å²) >= 11 is 0. The molecule has 0 aliphatic carbocycles. The minimum atomic E-state index is -1.10. The van der Waals surface area contributed by atoms with Gasteiger partial charge in [-0.25, -0.2) is 9.78 Å². The molecule has 0 aliphatic rings. The molecule has 0 amide bonds. The van der Waals surface area contributed by atoms with E-state index >= 15 is 0 Å². The average Bonchev–Trinajstić information content (AvgIpc) is 2.15. The normalized spacial score (nSPS) is 11.1. The fraction of sp³-hybridized carbons (Fsp3) is 0.400. The van der Waals surface area contributed by atoms with E-state index in [9.17, 15) is 9.90 Å². The Balaban J connectivity index is 3.23. The molecule has 0 radical (unpaired) electrons. The first kappa shape index (κ1) is 10.7. The van der Waals surface area contributed by atoms with Crippen molar-refractivity contribution in [2.45, 2.75) is 19.4 Å². The molecule has 0 fully saturated rings. The zero-order valence-electron chi connectivity index (χ0n) is 8.44. The third kappa shape index (κ3) is 2.09. The number of methoxy groups -OCH3 is 1. The SMILES string of the molecule is COC(=O)c1ncccc1C(C)(C)O. The van der Waals surface area contributed by atoms with E-state index in [-0.39, 0.29) is 5.69 Å². The number of aliphatic hydroxyl groups is 1. The number of hydrogen-bond donors (Lipinski definition) is 1. The van der Waals surface area contributed by atoms with Crippen LogP contribution in [0.15, 0.2) is 18.3 Å². The second-order valence-corrected chi connectivity index (χ2v) is 3.45. The summed E-state index contributed by atoms with van der Waals surface area (Å²) in [5.41, 5.74) is -0.480. The highest BCUT2D eigenvalue weighted by molar-refractivity contribution is 5.89. The Morgan fingerprint density at radius 3 is 2.71 bits per heavy atom. The molecule has 0 atom stereocenters. The van der Waals surface area contributed by atoms with Gasteiger partial charge in [0.05, 0.1) is 12.7 Å². The highest BCUT2D eigenvalue weighted by atomic mass is 16.5. The van der Waals surface area contributed by atoms with Gasteiger partial charge in [0.25, 0.3) is 0 Å². The van der Waals surface area contributed by atoms with Crippen molar-refractivity contribution >= 4 is 5.97 Å². The van der Waals surface area contributed by atoms with Gasteiger partial charge >= 0.3 is 5.97 Å². The summed E-state index contributed by atoms with van der Waals surface area (Å²) in [5, 5.41) is 9.77. The predicted octanol–water partition coefficient (Wildman–Crippen LogP) is 1.10. The number of aromatic nitrogens is 1. The molecule has 1 aromatic rings. The zero-order chi connectivity index (χ0) is 10.8. The van der Waals surface area contributed by atoms with Crippen molar-refractivity contribution in [1.29, 1.82) is 0 Å². The molecule has 1 rings (SSSR count). The molecule has 1 aromatic heterocycles. The van der Waals surface area contributed by atoms with E-state index in [0.717, 1.165) is 0 Å². The van der Waals surface area contributed by atoms with E-state index in [0.29, 0.717) is 5.56 Å². The Morgan fingerprint density at radius 1 is 1.57 bits per heavy atom. The van der Waals surface area contributed by atoms with Crippen LogP contribution in [0.4, 0.5) is 0 Å². The molecule has 0 spiro atoms. The lowest BCUT2D eigenvalue weighted by molar-refractivity contribution is 0.0544. The van der Waals surface area contributed by atoms with Crippen LogP contribution in [0, 0.1) is 0 Å². The van der Waals surface area contributed by atoms with Crippen LogP contribution in [0.3, 0.4) is 0 Å². The smallest absolute Gasteiger partial charge is 0.357 e. The summed E-state index contributed by atoms with van der Waals surface area (Å²) in [7, 11) is 1.28. The van der Waals surface area contributed by atoms with Gasteiger partial charge in [0.2, 0.25) is 0 Å². The third-order valence-electron chi connectivity index (χ3n) is 1.85. The first-order valence-electron chi connectivity index (χ1n) is 4.23. The number of pyridine rings is 1. The van der Waals surface area contributed by atoms with Crippen LogP contribution in [0.25, 0.3) is 0 Å². The minimum Gasteiger partial charge on any atom is -0.464 e. The van der Waals surface area contributed by atoms with E-state index in [1.807, 2.05) is 0 Å². The highest BCUT2D eigenvalue weighted by Crippen LogP contribution is 2.22. The van der Waals surface area contributed by atoms with E-state index in [1.54, 1.807) is 26.0 Å². The molecular formula is C10H13NO3.